The van der Waals surface area contributed by atoms with E-state index in [1.54, 1.807) is 31.2 Å². The summed E-state index contributed by atoms with van der Waals surface area (Å²) in [7, 11) is -3.73. The number of aliphatic imine (C=N–C) groups is 2. The van der Waals surface area contributed by atoms with Gasteiger partial charge in [-0.05, 0) is 30.7 Å². The van der Waals surface area contributed by atoms with Crippen LogP contribution in [0, 0.1) is 6.92 Å². The molecule has 1 amide bonds. The first-order chi connectivity index (χ1) is 9.50. The van der Waals surface area contributed by atoms with Crippen molar-refractivity contribution in [2.75, 3.05) is 0 Å². The molecule has 2 aliphatic rings. The normalized spacial score (nSPS) is 17.4. The summed E-state index contributed by atoms with van der Waals surface area (Å²) in [6.45, 7) is 1.72. The third kappa shape index (κ3) is 1.85. The second-order valence-electron chi connectivity index (χ2n) is 4.42. The van der Waals surface area contributed by atoms with Crippen LogP contribution in [0.3, 0.4) is 0 Å². The molecule has 6 heteroatoms. The van der Waals surface area contributed by atoms with Crippen molar-refractivity contribution < 1.29 is 13.2 Å². The summed E-state index contributed by atoms with van der Waals surface area (Å²) >= 11 is 0. The van der Waals surface area contributed by atoms with Crippen LogP contribution < -0.4 is 0 Å². The van der Waals surface area contributed by atoms with Crippen LogP contribution in [0.4, 0.5) is 0 Å². The molecular formula is C14H10N2O3S. The first-order valence-corrected chi connectivity index (χ1v) is 7.38. The Hall–Kier alpha value is -2.34. The van der Waals surface area contributed by atoms with E-state index in [2.05, 4.69) is 9.98 Å². The Bertz CT molecular complexity index is 843. The topological polar surface area (TPSA) is 75.9 Å². The van der Waals surface area contributed by atoms with Crippen LogP contribution in [0.1, 0.15) is 5.56 Å². The van der Waals surface area contributed by atoms with Gasteiger partial charge in [0.1, 0.15) is 5.71 Å². The molecule has 100 valence electrons. The number of hydrogen-bond acceptors (Lipinski definition) is 4. The molecule has 0 aromatic heterocycles. The number of rotatable bonds is 2. The van der Waals surface area contributed by atoms with Gasteiger partial charge in [0.25, 0.3) is 5.91 Å². The van der Waals surface area contributed by atoms with Gasteiger partial charge < -0.3 is 0 Å². The lowest BCUT2D eigenvalue weighted by Crippen LogP contribution is -2.14. The molecule has 1 aromatic rings. The van der Waals surface area contributed by atoms with Gasteiger partial charge in [-0.15, -0.1) is 0 Å². The van der Waals surface area contributed by atoms with Crippen molar-refractivity contribution in [1.82, 2.24) is 0 Å². The molecule has 0 aliphatic carbocycles. The SMILES string of the molecule is Cc1ccccc1S(=O)(=O)C1=CC2=CC=NC(=O)C2=N1. The van der Waals surface area contributed by atoms with Gasteiger partial charge in [0.05, 0.1) is 4.90 Å². The van der Waals surface area contributed by atoms with E-state index in [-0.39, 0.29) is 15.6 Å². The van der Waals surface area contributed by atoms with Gasteiger partial charge in [-0.2, -0.15) is 0 Å². The number of benzene rings is 1. The highest BCUT2D eigenvalue weighted by molar-refractivity contribution is 7.95. The minimum atomic E-state index is -3.73. The summed E-state index contributed by atoms with van der Waals surface area (Å²) < 4.78 is 25.1. The van der Waals surface area contributed by atoms with Crippen molar-refractivity contribution in [3.63, 3.8) is 0 Å². The lowest BCUT2D eigenvalue weighted by Gasteiger charge is -2.05. The summed E-state index contributed by atoms with van der Waals surface area (Å²) in [5.74, 6) is -0.520. The predicted molar refractivity (Wildman–Crippen MR) is 75.5 cm³/mol. The molecule has 0 fully saturated rings. The van der Waals surface area contributed by atoms with E-state index in [1.165, 1.54) is 18.4 Å². The van der Waals surface area contributed by atoms with Gasteiger partial charge in [0.2, 0.25) is 9.84 Å². The maximum absolute atomic E-state index is 12.6. The van der Waals surface area contributed by atoms with Crippen molar-refractivity contribution in [1.29, 1.82) is 0 Å². The quantitative estimate of drug-likeness (QED) is 0.828. The van der Waals surface area contributed by atoms with Gasteiger partial charge in [0, 0.05) is 11.8 Å². The number of amides is 1. The Morgan fingerprint density at radius 3 is 2.60 bits per heavy atom. The minimum Gasteiger partial charge on any atom is -0.265 e. The van der Waals surface area contributed by atoms with Crippen LogP contribution in [0.15, 0.2) is 61.9 Å². The minimum absolute atomic E-state index is 0.0830. The number of fused-ring (bicyclic) bond motifs is 1. The molecule has 0 unspecified atom stereocenters. The smallest absolute Gasteiger partial charge is 0.265 e. The van der Waals surface area contributed by atoms with Crippen molar-refractivity contribution in [2.45, 2.75) is 11.8 Å². The lowest BCUT2D eigenvalue weighted by molar-refractivity contribution is -0.111. The average molecular weight is 286 g/mol. The molecule has 0 radical (unpaired) electrons. The summed E-state index contributed by atoms with van der Waals surface area (Å²) in [5.41, 5.74) is 1.21. The molecular weight excluding hydrogens is 276 g/mol. The lowest BCUT2D eigenvalue weighted by atomic mass is 10.1. The summed E-state index contributed by atoms with van der Waals surface area (Å²) in [4.78, 5) is 19.3. The van der Waals surface area contributed by atoms with E-state index in [0.29, 0.717) is 11.1 Å². The van der Waals surface area contributed by atoms with Gasteiger partial charge in [-0.3, -0.25) is 4.79 Å². The van der Waals surface area contributed by atoms with Crippen molar-refractivity contribution >= 4 is 27.7 Å². The molecule has 5 nitrogen and oxygen atoms in total. The van der Waals surface area contributed by atoms with Crippen molar-refractivity contribution in [2.24, 2.45) is 9.98 Å². The summed E-state index contributed by atoms with van der Waals surface area (Å²) in [6, 6.07) is 6.67. The second kappa shape index (κ2) is 4.35. The van der Waals surface area contributed by atoms with Crippen LogP contribution >= 0.6 is 0 Å². The highest BCUT2D eigenvalue weighted by Gasteiger charge is 2.30. The number of dihydropyridines is 1. The van der Waals surface area contributed by atoms with Crippen LogP contribution in [-0.4, -0.2) is 26.3 Å². The highest BCUT2D eigenvalue weighted by Crippen LogP contribution is 2.29. The molecule has 2 aliphatic heterocycles. The Morgan fingerprint density at radius 1 is 1.15 bits per heavy atom. The molecule has 2 heterocycles. The zero-order valence-corrected chi connectivity index (χ0v) is 11.4. The summed E-state index contributed by atoms with van der Waals surface area (Å²) in [6.07, 6.45) is 4.32. The monoisotopic (exact) mass is 286 g/mol. The Balaban J connectivity index is 2.12. The predicted octanol–water partition coefficient (Wildman–Crippen LogP) is 1.60. The number of nitrogens with zero attached hydrogens (tertiary/aromatic N) is 2. The van der Waals surface area contributed by atoms with Crippen LogP contribution in [0.5, 0.6) is 0 Å². The fourth-order valence-electron chi connectivity index (χ4n) is 2.06. The Kier molecular flexibility index (Phi) is 2.76. The Labute approximate surface area is 116 Å². The number of carbonyl (C=O) groups excluding carboxylic acids is 1. The first kappa shape index (κ1) is 12.7. The molecule has 0 saturated heterocycles. The molecule has 0 bridgehead atoms. The van der Waals surface area contributed by atoms with Crippen LogP contribution in [0.2, 0.25) is 0 Å². The zero-order valence-electron chi connectivity index (χ0n) is 10.6. The number of hydrogen-bond donors (Lipinski definition) is 0. The molecule has 1 aromatic carbocycles. The molecule has 0 N–H and O–H groups in total. The molecule has 3 rings (SSSR count). The zero-order chi connectivity index (χ0) is 14.3. The standard InChI is InChI=1S/C14H10N2O3S/c1-9-4-2-3-5-11(9)20(18,19)12-8-10-6-7-15-14(17)13(10)16-12/h2-8H,1H3. The Morgan fingerprint density at radius 2 is 1.90 bits per heavy atom. The van der Waals surface area contributed by atoms with Gasteiger partial charge in [0.15, 0.2) is 5.03 Å². The van der Waals surface area contributed by atoms with E-state index < -0.39 is 15.7 Å². The van der Waals surface area contributed by atoms with E-state index >= 15 is 0 Å². The van der Waals surface area contributed by atoms with E-state index in [4.69, 9.17) is 0 Å². The maximum Gasteiger partial charge on any atom is 0.296 e. The average Bonchev–Trinajstić information content (AvgIpc) is 2.85. The molecule has 0 spiro atoms. The van der Waals surface area contributed by atoms with E-state index in [9.17, 15) is 13.2 Å². The molecule has 20 heavy (non-hydrogen) atoms. The van der Waals surface area contributed by atoms with Gasteiger partial charge in [-0.25, -0.2) is 18.4 Å². The molecule has 0 atom stereocenters. The maximum atomic E-state index is 12.6. The van der Waals surface area contributed by atoms with Crippen molar-refractivity contribution in [3.8, 4) is 0 Å². The number of aryl methyl sites for hydroxylation is 1. The van der Waals surface area contributed by atoms with Gasteiger partial charge >= 0.3 is 0 Å². The third-order valence-electron chi connectivity index (χ3n) is 3.08. The van der Waals surface area contributed by atoms with Crippen LogP contribution in [-0.2, 0) is 14.6 Å². The second-order valence-corrected chi connectivity index (χ2v) is 6.28. The van der Waals surface area contributed by atoms with E-state index in [1.807, 2.05) is 0 Å². The van der Waals surface area contributed by atoms with Crippen LogP contribution in [0.25, 0.3) is 0 Å². The van der Waals surface area contributed by atoms with E-state index in [0.717, 1.165) is 0 Å². The fourth-order valence-corrected chi connectivity index (χ4v) is 3.53. The number of allylic oxidation sites excluding steroid dienone is 2. The first-order valence-electron chi connectivity index (χ1n) is 5.90. The third-order valence-corrected chi connectivity index (χ3v) is 4.88. The largest absolute Gasteiger partial charge is 0.296 e. The highest BCUT2D eigenvalue weighted by atomic mass is 32.2. The summed E-state index contributed by atoms with van der Waals surface area (Å²) in [5, 5.41) is -0.119. The number of carbonyl (C=O) groups is 1. The molecule has 0 saturated carbocycles. The fraction of sp³-hybridized carbons (Fsp3) is 0.0714. The van der Waals surface area contributed by atoms with Gasteiger partial charge in [-0.1, -0.05) is 18.2 Å². The van der Waals surface area contributed by atoms with Crippen molar-refractivity contribution in [3.05, 3.63) is 52.6 Å². The number of sulfone groups is 1.